The Kier molecular flexibility index (Phi) is 3.28. The molecule has 0 aliphatic rings. The predicted octanol–water partition coefficient (Wildman–Crippen LogP) is 2.09. The zero-order valence-electron chi connectivity index (χ0n) is 7.80. The number of aromatic nitrogens is 1. The molecule has 0 aromatic carbocycles. The van der Waals surface area contributed by atoms with Crippen molar-refractivity contribution >= 4 is 5.97 Å². The highest BCUT2D eigenvalue weighted by Crippen LogP contribution is 2.24. The zero-order valence-corrected chi connectivity index (χ0v) is 7.80. The molecular formula is C9H8F3NO2. The average Bonchev–Trinajstić information content (AvgIpc) is 2.12. The first kappa shape index (κ1) is 11.5. The van der Waals surface area contributed by atoms with E-state index in [1.54, 1.807) is 0 Å². The smallest absolute Gasteiger partial charge is 0.308 e. The molecule has 6 heteroatoms. The van der Waals surface area contributed by atoms with Crippen molar-refractivity contribution in [1.82, 2.24) is 4.98 Å². The summed E-state index contributed by atoms with van der Waals surface area (Å²) in [7, 11) is 0. The van der Waals surface area contributed by atoms with E-state index in [9.17, 15) is 18.0 Å². The minimum Gasteiger partial charge on any atom is -0.481 e. The Morgan fingerprint density at radius 1 is 1.60 bits per heavy atom. The van der Waals surface area contributed by atoms with E-state index in [2.05, 4.69) is 4.98 Å². The first-order chi connectivity index (χ1) is 6.93. The van der Waals surface area contributed by atoms with Crippen LogP contribution in [0.3, 0.4) is 0 Å². The first-order valence-electron chi connectivity index (χ1n) is 4.07. The first-order valence-corrected chi connectivity index (χ1v) is 4.07. The van der Waals surface area contributed by atoms with Gasteiger partial charge in [-0.3, -0.25) is 9.78 Å². The second-order valence-electron chi connectivity index (χ2n) is 2.99. The summed E-state index contributed by atoms with van der Waals surface area (Å²) in [5.74, 6) is -2.30. The SMILES string of the molecule is Cc1cnc(C(F)F)c(CC(=O)O)c1F. The third-order valence-electron chi connectivity index (χ3n) is 1.85. The summed E-state index contributed by atoms with van der Waals surface area (Å²) in [6, 6.07) is 0. The van der Waals surface area contributed by atoms with Crippen LogP contribution in [0.25, 0.3) is 0 Å². The van der Waals surface area contributed by atoms with Gasteiger partial charge in [-0.1, -0.05) is 0 Å². The summed E-state index contributed by atoms with van der Waals surface area (Å²) in [4.78, 5) is 13.7. The average molecular weight is 219 g/mol. The molecule has 0 aliphatic carbocycles. The van der Waals surface area contributed by atoms with Crippen LogP contribution in [0.4, 0.5) is 13.2 Å². The number of rotatable bonds is 3. The summed E-state index contributed by atoms with van der Waals surface area (Å²) in [6.45, 7) is 1.34. The van der Waals surface area contributed by atoms with E-state index in [1.807, 2.05) is 0 Å². The molecule has 0 fully saturated rings. The van der Waals surface area contributed by atoms with Gasteiger partial charge in [0.2, 0.25) is 0 Å². The molecule has 0 atom stereocenters. The van der Waals surface area contributed by atoms with Crippen LogP contribution in [0.2, 0.25) is 0 Å². The van der Waals surface area contributed by atoms with Crippen molar-refractivity contribution in [1.29, 1.82) is 0 Å². The Balaban J connectivity index is 3.28. The van der Waals surface area contributed by atoms with Crippen LogP contribution >= 0.6 is 0 Å². The Hall–Kier alpha value is -1.59. The second kappa shape index (κ2) is 4.29. The molecule has 0 radical (unpaired) electrons. The molecular weight excluding hydrogens is 211 g/mol. The third-order valence-corrected chi connectivity index (χ3v) is 1.85. The van der Waals surface area contributed by atoms with Crippen LogP contribution in [-0.4, -0.2) is 16.1 Å². The number of carbonyl (C=O) groups is 1. The lowest BCUT2D eigenvalue weighted by atomic mass is 10.1. The van der Waals surface area contributed by atoms with E-state index < -0.39 is 35.9 Å². The maximum atomic E-state index is 13.3. The quantitative estimate of drug-likeness (QED) is 0.846. The van der Waals surface area contributed by atoms with E-state index >= 15 is 0 Å². The van der Waals surface area contributed by atoms with Gasteiger partial charge in [-0.15, -0.1) is 0 Å². The molecule has 0 saturated heterocycles. The molecule has 0 saturated carbocycles. The molecule has 1 N–H and O–H groups in total. The van der Waals surface area contributed by atoms with Crippen molar-refractivity contribution in [3.05, 3.63) is 28.8 Å². The number of aryl methyl sites for hydroxylation is 1. The standard InChI is InChI=1S/C9H8F3NO2/c1-4-3-13-8(9(11)12)5(7(4)10)2-6(14)15/h3,9H,2H2,1H3,(H,14,15). The molecule has 0 aliphatic heterocycles. The van der Waals surface area contributed by atoms with E-state index in [4.69, 9.17) is 5.11 Å². The molecule has 1 aromatic heterocycles. The van der Waals surface area contributed by atoms with Crippen molar-refractivity contribution in [3.8, 4) is 0 Å². The van der Waals surface area contributed by atoms with Gasteiger partial charge >= 0.3 is 5.97 Å². The van der Waals surface area contributed by atoms with E-state index in [-0.39, 0.29) is 5.56 Å². The molecule has 0 unspecified atom stereocenters. The van der Waals surface area contributed by atoms with E-state index in [0.717, 1.165) is 6.20 Å². The molecule has 1 rings (SSSR count). The van der Waals surface area contributed by atoms with Gasteiger partial charge in [0.1, 0.15) is 11.5 Å². The lowest BCUT2D eigenvalue weighted by Gasteiger charge is -2.08. The van der Waals surface area contributed by atoms with Gasteiger partial charge in [-0.05, 0) is 6.92 Å². The Bertz CT molecular complexity index is 393. The van der Waals surface area contributed by atoms with Gasteiger partial charge in [0.25, 0.3) is 6.43 Å². The molecule has 1 heterocycles. The van der Waals surface area contributed by atoms with Crippen LogP contribution in [0.1, 0.15) is 23.2 Å². The maximum Gasteiger partial charge on any atom is 0.308 e. The van der Waals surface area contributed by atoms with Gasteiger partial charge in [0, 0.05) is 17.3 Å². The lowest BCUT2D eigenvalue weighted by molar-refractivity contribution is -0.136. The molecule has 82 valence electrons. The molecule has 0 amide bonds. The summed E-state index contributed by atoms with van der Waals surface area (Å²) in [5, 5.41) is 8.45. The molecule has 1 aromatic rings. The Morgan fingerprint density at radius 3 is 2.67 bits per heavy atom. The van der Waals surface area contributed by atoms with Gasteiger partial charge in [0.15, 0.2) is 0 Å². The fourth-order valence-electron chi connectivity index (χ4n) is 1.16. The lowest BCUT2D eigenvalue weighted by Crippen LogP contribution is -2.09. The number of aliphatic carboxylic acids is 1. The number of alkyl halides is 2. The number of pyridine rings is 1. The number of carboxylic acid groups (broad SMARTS) is 1. The topological polar surface area (TPSA) is 50.2 Å². The second-order valence-corrected chi connectivity index (χ2v) is 2.99. The van der Waals surface area contributed by atoms with Crippen molar-refractivity contribution in [3.63, 3.8) is 0 Å². The van der Waals surface area contributed by atoms with E-state index in [1.165, 1.54) is 6.92 Å². The maximum absolute atomic E-state index is 13.3. The van der Waals surface area contributed by atoms with Crippen LogP contribution in [0, 0.1) is 12.7 Å². The molecule has 0 spiro atoms. The monoisotopic (exact) mass is 219 g/mol. The Morgan fingerprint density at radius 2 is 2.20 bits per heavy atom. The van der Waals surface area contributed by atoms with Gasteiger partial charge in [-0.2, -0.15) is 0 Å². The number of hydrogen-bond acceptors (Lipinski definition) is 2. The van der Waals surface area contributed by atoms with Crippen molar-refractivity contribution in [2.45, 2.75) is 19.8 Å². The summed E-state index contributed by atoms with van der Waals surface area (Å²) in [5.41, 5.74) is -1.30. The van der Waals surface area contributed by atoms with Crippen LogP contribution in [-0.2, 0) is 11.2 Å². The van der Waals surface area contributed by atoms with Crippen molar-refractivity contribution in [2.24, 2.45) is 0 Å². The molecule has 15 heavy (non-hydrogen) atoms. The van der Waals surface area contributed by atoms with Crippen molar-refractivity contribution in [2.75, 3.05) is 0 Å². The summed E-state index contributed by atoms with van der Waals surface area (Å²) in [6.07, 6.45) is -2.81. The molecule has 0 bridgehead atoms. The summed E-state index contributed by atoms with van der Waals surface area (Å²) < 4.78 is 38.1. The predicted molar refractivity (Wildman–Crippen MR) is 45.2 cm³/mol. The minimum absolute atomic E-state index is 0.0515. The minimum atomic E-state index is -2.98. The van der Waals surface area contributed by atoms with Crippen LogP contribution < -0.4 is 0 Å². The normalized spacial score (nSPS) is 10.7. The third kappa shape index (κ3) is 2.45. The number of carboxylic acids is 1. The van der Waals surface area contributed by atoms with Gasteiger partial charge in [-0.25, -0.2) is 13.2 Å². The fourth-order valence-corrected chi connectivity index (χ4v) is 1.16. The zero-order chi connectivity index (χ0) is 11.6. The highest BCUT2D eigenvalue weighted by atomic mass is 19.3. The highest BCUT2D eigenvalue weighted by Gasteiger charge is 2.21. The van der Waals surface area contributed by atoms with Crippen LogP contribution in [0.15, 0.2) is 6.20 Å². The number of nitrogens with zero attached hydrogens (tertiary/aromatic N) is 1. The van der Waals surface area contributed by atoms with Gasteiger partial charge < -0.3 is 5.11 Å². The highest BCUT2D eigenvalue weighted by molar-refractivity contribution is 5.70. The fraction of sp³-hybridized carbons (Fsp3) is 0.333. The molecule has 3 nitrogen and oxygen atoms in total. The largest absolute Gasteiger partial charge is 0.481 e. The van der Waals surface area contributed by atoms with Crippen LogP contribution in [0.5, 0.6) is 0 Å². The van der Waals surface area contributed by atoms with Gasteiger partial charge in [0.05, 0.1) is 6.42 Å². The van der Waals surface area contributed by atoms with E-state index in [0.29, 0.717) is 0 Å². The summed E-state index contributed by atoms with van der Waals surface area (Å²) >= 11 is 0. The van der Waals surface area contributed by atoms with Crippen molar-refractivity contribution < 1.29 is 23.1 Å². The Labute approximate surface area is 83.6 Å². The number of hydrogen-bond donors (Lipinski definition) is 1. The number of halogens is 3.